The van der Waals surface area contributed by atoms with Gasteiger partial charge in [-0.2, -0.15) is 0 Å². The maximum atomic E-state index is 5.38. The number of rotatable bonds is 8. The molecule has 0 aliphatic heterocycles. The van der Waals surface area contributed by atoms with Crippen LogP contribution >= 0.6 is 0 Å². The van der Waals surface area contributed by atoms with Gasteiger partial charge in [-0.25, -0.2) is 0 Å². The van der Waals surface area contributed by atoms with Crippen molar-refractivity contribution in [2.45, 2.75) is 25.7 Å². The summed E-state index contributed by atoms with van der Waals surface area (Å²) in [5, 5.41) is 3.31. The first-order valence-corrected chi connectivity index (χ1v) is 5.88. The molecule has 0 saturated carbocycles. The highest BCUT2D eigenvalue weighted by Gasteiger charge is 1.92. The monoisotopic (exact) mass is 206 g/mol. The minimum atomic E-state index is 0.740. The molecule has 2 heteroatoms. The Labute approximate surface area is 92.9 Å². The van der Waals surface area contributed by atoms with Crippen LogP contribution in [0.1, 0.15) is 24.8 Å². The Morgan fingerprint density at radius 1 is 0.933 bits per heavy atom. The minimum absolute atomic E-state index is 0.740. The maximum Gasteiger partial charge on any atom is 0.00745 e. The van der Waals surface area contributed by atoms with Crippen LogP contribution in [0.15, 0.2) is 30.3 Å². The van der Waals surface area contributed by atoms with Crippen LogP contribution in [-0.4, -0.2) is 19.6 Å². The van der Waals surface area contributed by atoms with Crippen LogP contribution in [0, 0.1) is 0 Å². The summed E-state index contributed by atoms with van der Waals surface area (Å²) in [6.07, 6.45) is 5.05. The van der Waals surface area contributed by atoms with Gasteiger partial charge in [0.2, 0.25) is 0 Å². The van der Waals surface area contributed by atoms with Gasteiger partial charge in [-0.3, -0.25) is 0 Å². The highest BCUT2D eigenvalue weighted by atomic mass is 14.9. The lowest BCUT2D eigenvalue weighted by Gasteiger charge is -2.03. The fourth-order valence-corrected chi connectivity index (χ4v) is 1.63. The van der Waals surface area contributed by atoms with Crippen molar-refractivity contribution in [1.82, 2.24) is 5.32 Å². The van der Waals surface area contributed by atoms with E-state index >= 15 is 0 Å². The summed E-state index contributed by atoms with van der Waals surface area (Å²) in [5.74, 6) is 0. The summed E-state index contributed by atoms with van der Waals surface area (Å²) in [7, 11) is 0. The Morgan fingerprint density at radius 2 is 1.73 bits per heavy atom. The first kappa shape index (κ1) is 12.2. The van der Waals surface area contributed by atoms with Crippen LogP contribution in [0.4, 0.5) is 0 Å². The molecule has 1 aromatic carbocycles. The van der Waals surface area contributed by atoms with Crippen molar-refractivity contribution >= 4 is 0 Å². The second kappa shape index (κ2) is 8.45. The van der Waals surface area contributed by atoms with E-state index in [1.54, 1.807) is 0 Å². The van der Waals surface area contributed by atoms with Gasteiger partial charge < -0.3 is 11.1 Å². The molecule has 3 N–H and O–H groups in total. The zero-order valence-electron chi connectivity index (χ0n) is 9.41. The van der Waals surface area contributed by atoms with Crippen molar-refractivity contribution in [3.05, 3.63) is 35.9 Å². The Morgan fingerprint density at radius 3 is 2.47 bits per heavy atom. The van der Waals surface area contributed by atoms with Crippen LogP contribution in [-0.2, 0) is 6.42 Å². The van der Waals surface area contributed by atoms with Crippen LogP contribution in [0.25, 0.3) is 0 Å². The third kappa shape index (κ3) is 6.26. The van der Waals surface area contributed by atoms with Crippen LogP contribution in [0.5, 0.6) is 0 Å². The summed E-state index contributed by atoms with van der Waals surface area (Å²) in [6, 6.07) is 10.7. The first-order chi connectivity index (χ1) is 7.43. The molecule has 0 aromatic heterocycles. The molecule has 0 fully saturated rings. The third-order valence-corrected chi connectivity index (χ3v) is 2.48. The molecule has 0 amide bonds. The topological polar surface area (TPSA) is 38.0 Å². The molecule has 1 rings (SSSR count). The van der Waals surface area contributed by atoms with E-state index < -0.39 is 0 Å². The van der Waals surface area contributed by atoms with Crippen molar-refractivity contribution in [2.75, 3.05) is 19.6 Å². The summed E-state index contributed by atoms with van der Waals surface area (Å²) in [6.45, 7) is 2.79. The number of benzene rings is 1. The van der Waals surface area contributed by atoms with Crippen LogP contribution in [0.3, 0.4) is 0 Å². The molecule has 0 atom stereocenters. The zero-order valence-corrected chi connectivity index (χ0v) is 9.41. The molecule has 0 unspecified atom stereocenters. The van der Waals surface area contributed by atoms with E-state index in [4.69, 9.17) is 5.73 Å². The van der Waals surface area contributed by atoms with Gasteiger partial charge in [0.1, 0.15) is 0 Å². The number of nitrogens with two attached hydrogens (primary N) is 1. The van der Waals surface area contributed by atoms with Crippen LogP contribution in [0.2, 0.25) is 0 Å². The van der Waals surface area contributed by atoms with Gasteiger partial charge in [-0.1, -0.05) is 36.8 Å². The van der Waals surface area contributed by atoms with Gasteiger partial charge in [-0.15, -0.1) is 0 Å². The SMILES string of the molecule is NCCNCCCCCc1ccccc1. The van der Waals surface area contributed by atoms with E-state index in [-0.39, 0.29) is 0 Å². The first-order valence-electron chi connectivity index (χ1n) is 5.88. The van der Waals surface area contributed by atoms with E-state index in [9.17, 15) is 0 Å². The summed E-state index contributed by atoms with van der Waals surface area (Å²) in [5.41, 5.74) is 6.83. The average Bonchev–Trinajstić information content (AvgIpc) is 2.29. The smallest absolute Gasteiger partial charge is 0.00745 e. The van der Waals surface area contributed by atoms with E-state index in [0.717, 1.165) is 19.6 Å². The zero-order chi connectivity index (χ0) is 10.8. The molecule has 0 heterocycles. The Bertz CT molecular complexity index is 234. The van der Waals surface area contributed by atoms with Crippen molar-refractivity contribution in [2.24, 2.45) is 5.73 Å². The van der Waals surface area contributed by atoms with Crippen molar-refractivity contribution in [3.8, 4) is 0 Å². The van der Waals surface area contributed by atoms with Gasteiger partial charge in [0.25, 0.3) is 0 Å². The average molecular weight is 206 g/mol. The quantitative estimate of drug-likeness (QED) is 0.638. The molecular formula is C13H22N2. The number of hydrogen-bond donors (Lipinski definition) is 2. The lowest BCUT2D eigenvalue weighted by Crippen LogP contribution is -2.23. The largest absolute Gasteiger partial charge is 0.329 e. The fourth-order valence-electron chi connectivity index (χ4n) is 1.63. The summed E-state index contributed by atoms with van der Waals surface area (Å²) >= 11 is 0. The molecule has 0 spiro atoms. The maximum absolute atomic E-state index is 5.38. The lowest BCUT2D eigenvalue weighted by atomic mass is 10.1. The Kier molecular flexibility index (Phi) is 6.88. The normalized spacial score (nSPS) is 10.5. The molecule has 1 aromatic rings. The number of unbranched alkanes of at least 4 members (excludes halogenated alkanes) is 2. The molecule has 0 aliphatic carbocycles. The van der Waals surface area contributed by atoms with Gasteiger partial charge in [0, 0.05) is 13.1 Å². The standard InChI is InChI=1S/C13H22N2/c14-10-12-15-11-6-2-5-9-13-7-3-1-4-8-13/h1,3-4,7-8,15H,2,5-6,9-12,14H2. The summed E-state index contributed by atoms with van der Waals surface area (Å²) < 4.78 is 0. The molecule has 0 aliphatic rings. The number of nitrogens with one attached hydrogen (secondary N) is 1. The summed E-state index contributed by atoms with van der Waals surface area (Å²) in [4.78, 5) is 0. The molecule has 0 radical (unpaired) electrons. The molecule has 84 valence electrons. The Hall–Kier alpha value is -0.860. The van der Waals surface area contributed by atoms with Crippen molar-refractivity contribution in [3.63, 3.8) is 0 Å². The van der Waals surface area contributed by atoms with E-state index in [1.807, 2.05) is 0 Å². The number of aryl methyl sites for hydroxylation is 1. The predicted molar refractivity (Wildman–Crippen MR) is 65.9 cm³/mol. The Balaban J connectivity index is 1.93. The number of hydrogen-bond acceptors (Lipinski definition) is 2. The highest BCUT2D eigenvalue weighted by Crippen LogP contribution is 2.05. The van der Waals surface area contributed by atoms with Crippen LogP contribution < -0.4 is 11.1 Å². The molecular weight excluding hydrogens is 184 g/mol. The fraction of sp³-hybridized carbons (Fsp3) is 0.538. The van der Waals surface area contributed by atoms with E-state index in [0.29, 0.717) is 0 Å². The molecule has 15 heavy (non-hydrogen) atoms. The van der Waals surface area contributed by atoms with Gasteiger partial charge in [0.15, 0.2) is 0 Å². The second-order valence-electron chi connectivity index (χ2n) is 3.83. The van der Waals surface area contributed by atoms with Gasteiger partial charge in [0.05, 0.1) is 0 Å². The molecule has 0 bridgehead atoms. The highest BCUT2D eigenvalue weighted by molar-refractivity contribution is 5.14. The molecule has 2 nitrogen and oxygen atoms in total. The van der Waals surface area contributed by atoms with E-state index in [1.165, 1.54) is 31.2 Å². The minimum Gasteiger partial charge on any atom is -0.329 e. The molecule has 0 saturated heterocycles. The lowest BCUT2D eigenvalue weighted by molar-refractivity contribution is 0.607. The predicted octanol–water partition coefficient (Wildman–Crippen LogP) is 1.95. The van der Waals surface area contributed by atoms with Crippen molar-refractivity contribution in [1.29, 1.82) is 0 Å². The van der Waals surface area contributed by atoms with E-state index in [2.05, 4.69) is 35.6 Å². The van der Waals surface area contributed by atoms with Crippen molar-refractivity contribution < 1.29 is 0 Å². The third-order valence-electron chi connectivity index (χ3n) is 2.48. The second-order valence-corrected chi connectivity index (χ2v) is 3.83. The van der Waals surface area contributed by atoms with Gasteiger partial charge in [-0.05, 0) is 31.4 Å². The van der Waals surface area contributed by atoms with Gasteiger partial charge >= 0.3 is 0 Å².